The molecule has 0 aliphatic carbocycles. The number of rotatable bonds is 3. The Morgan fingerprint density at radius 3 is 2.78 bits per heavy atom. The molecule has 5 heteroatoms. The summed E-state index contributed by atoms with van der Waals surface area (Å²) < 4.78 is 11.2. The van der Waals surface area contributed by atoms with Gasteiger partial charge in [-0.3, -0.25) is 4.79 Å². The fourth-order valence-corrected chi connectivity index (χ4v) is 3.89. The Labute approximate surface area is 157 Å². The molecule has 1 atom stereocenters. The van der Waals surface area contributed by atoms with Crippen molar-refractivity contribution in [3.05, 3.63) is 47.7 Å². The zero-order valence-electron chi connectivity index (χ0n) is 15.7. The summed E-state index contributed by atoms with van der Waals surface area (Å²) in [6.45, 7) is 4.35. The molecule has 2 aromatic carbocycles. The van der Waals surface area contributed by atoms with Crippen LogP contribution in [-0.4, -0.2) is 36.0 Å². The van der Waals surface area contributed by atoms with Crippen molar-refractivity contribution < 1.29 is 18.7 Å². The molecule has 0 bridgehead atoms. The fraction of sp³-hybridized carbons (Fsp3) is 0.364. The maximum atomic E-state index is 12.6. The molecule has 0 unspecified atom stereocenters. The number of hydrogen-bond donors (Lipinski definition) is 0. The molecule has 1 aliphatic rings. The molecular formula is C22H23NO4. The molecular weight excluding hydrogens is 342 g/mol. The van der Waals surface area contributed by atoms with Crippen molar-refractivity contribution in [2.75, 3.05) is 13.2 Å². The van der Waals surface area contributed by atoms with E-state index in [0.29, 0.717) is 5.58 Å². The van der Waals surface area contributed by atoms with Crippen molar-refractivity contribution in [2.45, 2.75) is 39.2 Å². The van der Waals surface area contributed by atoms with Gasteiger partial charge in [0.05, 0.1) is 0 Å². The standard InChI is InChI=1S/C22H23NO4/c1-14-7-5-6-12-23(14)19(24)13-26-22(25)20-15(2)17-11-10-16-8-3-4-9-18(16)21(17)27-20/h3-4,8-11,14H,5-7,12-13H2,1-2H3/t14-/m1/s1. The minimum atomic E-state index is -0.592. The molecule has 1 saturated heterocycles. The number of carbonyl (C=O) groups is 2. The van der Waals surface area contributed by atoms with Crippen LogP contribution in [0.4, 0.5) is 0 Å². The largest absolute Gasteiger partial charge is 0.450 e. The van der Waals surface area contributed by atoms with Crippen LogP contribution >= 0.6 is 0 Å². The first-order chi connectivity index (χ1) is 13.1. The monoisotopic (exact) mass is 365 g/mol. The van der Waals surface area contributed by atoms with E-state index >= 15 is 0 Å². The number of benzene rings is 2. The maximum absolute atomic E-state index is 12.6. The molecule has 0 saturated carbocycles. The lowest BCUT2D eigenvalue weighted by atomic mass is 10.0. The van der Waals surface area contributed by atoms with Gasteiger partial charge in [0.15, 0.2) is 6.61 Å². The zero-order valence-corrected chi connectivity index (χ0v) is 15.7. The molecule has 2 heterocycles. The number of piperidine rings is 1. The van der Waals surface area contributed by atoms with Crippen LogP contribution in [0.3, 0.4) is 0 Å². The van der Waals surface area contributed by atoms with Gasteiger partial charge >= 0.3 is 5.97 Å². The highest BCUT2D eigenvalue weighted by Gasteiger charge is 2.26. The Morgan fingerprint density at radius 1 is 1.15 bits per heavy atom. The van der Waals surface area contributed by atoms with Gasteiger partial charge in [-0.15, -0.1) is 0 Å². The Balaban J connectivity index is 1.55. The van der Waals surface area contributed by atoms with Crippen molar-refractivity contribution in [3.8, 4) is 0 Å². The number of fused-ring (bicyclic) bond motifs is 3. The van der Waals surface area contributed by atoms with E-state index in [2.05, 4.69) is 0 Å². The molecule has 1 aromatic heterocycles. The van der Waals surface area contributed by atoms with Gasteiger partial charge in [0.25, 0.3) is 5.91 Å². The Morgan fingerprint density at radius 2 is 1.96 bits per heavy atom. The van der Waals surface area contributed by atoms with Crippen LogP contribution in [0.25, 0.3) is 21.7 Å². The van der Waals surface area contributed by atoms with Crippen molar-refractivity contribution in [3.63, 3.8) is 0 Å². The summed E-state index contributed by atoms with van der Waals surface area (Å²) in [5, 5.41) is 2.89. The number of hydrogen-bond acceptors (Lipinski definition) is 4. The van der Waals surface area contributed by atoms with E-state index in [0.717, 1.165) is 47.5 Å². The number of likely N-dealkylation sites (tertiary alicyclic amines) is 1. The van der Waals surface area contributed by atoms with Gasteiger partial charge in [-0.2, -0.15) is 0 Å². The Hall–Kier alpha value is -2.82. The van der Waals surface area contributed by atoms with E-state index in [4.69, 9.17) is 9.15 Å². The minimum Gasteiger partial charge on any atom is -0.450 e. The topological polar surface area (TPSA) is 59.8 Å². The quantitative estimate of drug-likeness (QED) is 0.643. The van der Waals surface area contributed by atoms with Gasteiger partial charge < -0.3 is 14.1 Å². The highest BCUT2D eigenvalue weighted by Crippen LogP contribution is 2.32. The lowest BCUT2D eigenvalue weighted by Crippen LogP contribution is -2.44. The Bertz CT molecular complexity index is 1020. The van der Waals surface area contributed by atoms with Crippen LogP contribution in [-0.2, 0) is 9.53 Å². The highest BCUT2D eigenvalue weighted by atomic mass is 16.5. The van der Waals surface area contributed by atoms with Crippen molar-refractivity contribution in [1.82, 2.24) is 4.90 Å². The second-order valence-electron chi connectivity index (χ2n) is 7.23. The molecule has 3 aromatic rings. The van der Waals surface area contributed by atoms with Gasteiger partial charge in [0, 0.05) is 28.9 Å². The number of amides is 1. The van der Waals surface area contributed by atoms with Gasteiger partial charge in [0.2, 0.25) is 5.76 Å². The molecule has 27 heavy (non-hydrogen) atoms. The number of esters is 1. The fourth-order valence-electron chi connectivity index (χ4n) is 3.89. The number of carbonyl (C=O) groups excluding carboxylic acids is 2. The first-order valence-electron chi connectivity index (χ1n) is 9.43. The summed E-state index contributed by atoms with van der Waals surface area (Å²) >= 11 is 0. The lowest BCUT2D eigenvalue weighted by Gasteiger charge is -2.33. The molecule has 0 N–H and O–H groups in total. The SMILES string of the molecule is Cc1c(C(=O)OCC(=O)N2CCCC[C@H]2C)oc2c1ccc1ccccc12. The normalized spacial score (nSPS) is 17.4. The van der Waals surface area contributed by atoms with E-state index in [1.54, 1.807) is 4.90 Å². The van der Waals surface area contributed by atoms with Crippen LogP contribution in [0.2, 0.25) is 0 Å². The molecule has 4 rings (SSSR count). The average Bonchev–Trinajstić information content (AvgIpc) is 3.03. The number of nitrogens with zero attached hydrogens (tertiary/aromatic N) is 1. The number of furan rings is 1. The second-order valence-corrected chi connectivity index (χ2v) is 7.23. The molecule has 0 spiro atoms. The summed E-state index contributed by atoms with van der Waals surface area (Å²) in [6, 6.07) is 12.0. The molecule has 1 fully saturated rings. The molecule has 5 nitrogen and oxygen atoms in total. The minimum absolute atomic E-state index is 0.144. The van der Waals surface area contributed by atoms with E-state index in [-0.39, 0.29) is 24.3 Å². The molecule has 1 aliphatic heterocycles. The predicted octanol–water partition coefficient (Wildman–Crippen LogP) is 4.45. The molecule has 1 amide bonds. The third kappa shape index (κ3) is 3.18. The summed E-state index contributed by atoms with van der Waals surface area (Å²) in [5.41, 5.74) is 1.41. The second kappa shape index (κ2) is 7.06. The maximum Gasteiger partial charge on any atom is 0.375 e. The van der Waals surface area contributed by atoms with Gasteiger partial charge in [0.1, 0.15) is 5.58 Å². The van der Waals surface area contributed by atoms with Crippen LogP contribution in [0.15, 0.2) is 40.8 Å². The number of ether oxygens (including phenoxy) is 1. The highest BCUT2D eigenvalue weighted by molar-refractivity contribution is 6.08. The van der Waals surface area contributed by atoms with Crippen LogP contribution in [0, 0.1) is 6.92 Å². The van der Waals surface area contributed by atoms with Crippen molar-refractivity contribution in [1.29, 1.82) is 0 Å². The summed E-state index contributed by atoms with van der Waals surface area (Å²) in [4.78, 5) is 26.7. The first-order valence-corrected chi connectivity index (χ1v) is 9.43. The van der Waals surface area contributed by atoms with Crippen LogP contribution in [0.5, 0.6) is 0 Å². The number of aryl methyl sites for hydroxylation is 1. The summed E-state index contributed by atoms with van der Waals surface area (Å²) in [7, 11) is 0. The molecule has 0 radical (unpaired) electrons. The third-order valence-electron chi connectivity index (χ3n) is 5.46. The zero-order chi connectivity index (χ0) is 19.0. The van der Waals surface area contributed by atoms with E-state index < -0.39 is 5.97 Å². The van der Waals surface area contributed by atoms with Crippen molar-refractivity contribution in [2.24, 2.45) is 0 Å². The van der Waals surface area contributed by atoms with Crippen LogP contribution in [0.1, 0.15) is 42.3 Å². The Kier molecular flexibility index (Phi) is 4.60. The van der Waals surface area contributed by atoms with Crippen LogP contribution < -0.4 is 0 Å². The summed E-state index contributed by atoms with van der Waals surface area (Å²) in [5.74, 6) is -0.568. The predicted molar refractivity (Wildman–Crippen MR) is 104 cm³/mol. The lowest BCUT2D eigenvalue weighted by molar-refractivity contribution is -0.137. The average molecular weight is 365 g/mol. The van der Waals surface area contributed by atoms with E-state index in [9.17, 15) is 9.59 Å². The van der Waals surface area contributed by atoms with E-state index in [1.807, 2.05) is 50.2 Å². The molecule has 140 valence electrons. The van der Waals surface area contributed by atoms with Gasteiger partial charge in [-0.05, 0) is 38.5 Å². The van der Waals surface area contributed by atoms with Crippen molar-refractivity contribution >= 4 is 33.6 Å². The first kappa shape index (κ1) is 17.6. The van der Waals surface area contributed by atoms with Gasteiger partial charge in [-0.25, -0.2) is 4.79 Å². The smallest absolute Gasteiger partial charge is 0.375 e. The van der Waals surface area contributed by atoms with E-state index in [1.165, 1.54) is 0 Å². The van der Waals surface area contributed by atoms with Gasteiger partial charge in [-0.1, -0.05) is 36.4 Å². The summed E-state index contributed by atoms with van der Waals surface area (Å²) in [6.07, 6.45) is 3.13. The third-order valence-corrected chi connectivity index (χ3v) is 5.46.